The summed E-state index contributed by atoms with van der Waals surface area (Å²) >= 11 is 6.24. The highest BCUT2D eigenvalue weighted by atomic mass is 35.5. The van der Waals surface area contributed by atoms with Crippen molar-refractivity contribution in [1.82, 2.24) is 0 Å². The number of nitrogens with two attached hydrogens (primary N) is 1. The fraction of sp³-hybridized carbons (Fsp3) is 0.333. The Kier molecular flexibility index (Phi) is 5.27. The standard InChI is InChI=1S/C18H22ClNO/c1-12(2)17-7-6-16(8-13(17)3)21-11-15-5-4-14(10-20)9-18(15)19/h4-9,12H,10-11,20H2,1-3H3. The Bertz CT molecular complexity index is 623. The lowest BCUT2D eigenvalue weighted by molar-refractivity contribution is 0.306. The third-order valence-electron chi connectivity index (χ3n) is 3.61. The van der Waals surface area contributed by atoms with E-state index in [2.05, 4.69) is 32.9 Å². The summed E-state index contributed by atoms with van der Waals surface area (Å²) in [5.74, 6) is 1.40. The Hall–Kier alpha value is -1.51. The van der Waals surface area contributed by atoms with Gasteiger partial charge in [0.1, 0.15) is 12.4 Å². The summed E-state index contributed by atoms with van der Waals surface area (Å²) in [6.07, 6.45) is 0. The molecule has 0 saturated heterocycles. The SMILES string of the molecule is Cc1cc(OCc2ccc(CN)cc2Cl)ccc1C(C)C. The molecule has 0 aliphatic heterocycles. The monoisotopic (exact) mass is 303 g/mol. The molecule has 0 aliphatic carbocycles. The first-order chi connectivity index (χ1) is 10.0. The normalized spacial score (nSPS) is 11.0. The van der Waals surface area contributed by atoms with Crippen molar-refractivity contribution in [2.75, 3.05) is 0 Å². The molecule has 21 heavy (non-hydrogen) atoms. The minimum absolute atomic E-state index is 0.462. The van der Waals surface area contributed by atoms with Crippen LogP contribution in [0, 0.1) is 6.92 Å². The first kappa shape index (κ1) is 15.9. The summed E-state index contributed by atoms with van der Waals surface area (Å²) in [7, 11) is 0. The van der Waals surface area contributed by atoms with Gasteiger partial charge in [0.25, 0.3) is 0 Å². The summed E-state index contributed by atoms with van der Waals surface area (Å²) in [5, 5.41) is 0.702. The average Bonchev–Trinajstić information content (AvgIpc) is 2.45. The summed E-state index contributed by atoms with van der Waals surface area (Å²) in [5.41, 5.74) is 10.2. The Morgan fingerprint density at radius 2 is 1.90 bits per heavy atom. The van der Waals surface area contributed by atoms with Gasteiger partial charge < -0.3 is 10.5 Å². The quantitative estimate of drug-likeness (QED) is 0.860. The van der Waals surface area contributed by atoms with Crippen LogP contribution in [0.15, 0.2) is 36.4 Å². The second-order valence-electron chi connectivity index (χ2n) is 5.59. The molecule has 0 saturated carbocycles. The van der Waals surface area contributed by atoms with Crippen LogP contribution >= 0.6 is 11.6 Å². The van der Waals surface area contributed by atoms with Gasteiger partial charge in [-0.05, 0) is 47.7 Å². The topological polar surface area (TPSA) is 35.2 Å². The van der Waals surface area contributed by atoms with Gasteiger partial charge >= 0.3 is 0 Å². The molecule has 2 aromatic carbocycles. The van der Waals surface area contributed by atoms with Gasteiger partial charge in [-0.3, -0.25) is 0 Å². The fourth-order valence-corrected chi connectivity index (χ4v) is 2.64. The fourth-order valence-electron chi connectivity index (χ4n) is 2.38. The number of rotatable bonds is 5. The predicted octanol–water partition coefficient (Wildman–Crippen LogP) is 4.81. The Labute approximate surface area is 131 Å². The molecule has 2 rings (SSSR count). The maximum absolute atomic E-state index is 6.24. The molecule has 2 nitrogen and oxygen atoms in total. The maximum atomic E-state index is 6.24. The molecule has 112 valence electrons. The van der Waals surface area contributed by atoms with Gasteiger partial charge in [0.05, 0.1) is 0 Å². The van der Waals surface area contributed by atoms with E-state index in [1.165, 1.54) is 11.1 Å². The Balaban J connectivity index is 2.08. The van der Waals surface area contributed by atoms with Crippen molar-refractivity contribution in [3.05, 3.63) is 63.7 Å². The van der Waals surface area contributed by atoms with E-state index in [1.807, 2.05) is 24.3 Å². The second kappa shape index (κ2) is 6.97. The molecule has 2 N–H and O–H groups in total. The highest BCUT2D eigenvalue weighted by Gasteiger charge is 2.06. The lowest BCUT2D eigenvalue weighted by Crippen LogP contribution is -2.00. The van der Waals surface area contributed by atoms with Gasteiger partial charge in [-0.1, -0.05) is 43.6 Å². The van der Waals surface area contributed by atoms with Crippen LogP contribution in [-0.2, 0) is 13.2 Å². The lowest BCUT2D eigenvalue weighted by atomic mass is 9.98. The van der Waals surface area contributed by atoms with E-state index in [1.54, 1.807) is 0 Å². The van der Waals surface area contributed by atoms with Crippen molar-refractivity contribution in [3.8, 4) is 5.75 Å². The van der Waals surface area contributed by atoms with Gasteiger partial charge in [-0.15, -0.1) is 0 Å². The van der Waals surface area contributed by atoms with Crippen LogP contribution in [0.25, 0.3) is 0 Å². The van der Waals surface area contributed by atoms with E-state index in [9.17, 15) is 0 Å². The van der Waals surface area contributed by atoms with E-state index in [0.29, 0.717) is 24.1 Å². The molecule has 0 atom stereocenters. The van der Waals surface area contributed by atoms with Crippen LogP contribution in [0.5, 0.6) is 5.75 Å². The van der Waals surface area contributed by atoms with Crippen molar-refractivity contribution in [1.29, 1.82) is 0 Å². The first-order valence-electron chi connectivity index (χ1n) is 7.22. The van der Waals surface area contributed by atoms with Crippen LogP contribution in [0.2, 0.25) is 5.02 Å². The Morgan fingerprint density at radius 1 is 1.14 bits per heavy atom. The third-order valence-corrected chi connectivity index (χ3v) is 3.96. The molecule has 3 heteroatoms. The highest BCUT2D eigenvalue weighted by molar-refractivity contribution is 6.31. The molecule has 0 bridgehead atoms. The molecule has 0 radical (unpaired) electrons. The summed E-state index contributed by atoms with van der Waals surface area (Å²) in [6, 6.07) is 12.1. The zero-order chi connectivity index (χ0) is 15.4. The molecule has 0 unspecified atom stereocenters. The predicted molar refractivity (Wildman–Crippen MR) is 88.9 cm³/mol. The van der Waals surface area contributed by atoms with Crippen LogP contribution < -0.4 is 10.5 Å². The van der Waals surface area contributed by atoms with Gasteiger partial charge in [-0.25, -0.2) is 0 Å². The zero-order valence-electron chi connectivity index (χ0n) is 12.8. The van der Waals surface area contributed by atoms with Gasteiger partial charge in [0.15, 0.2) is 0 Å². The molecule has 0 amide bonds. The van der Waals surface area contributed by atoms with Crippen LogP contribution in [0.3, 0.4) is 0 Å². The third kappa shape index (κ3) is 3.99. The smallest absolute Gasteiger partial charge is 0.120 e. The van der Waals surface area contributed by atoms with E-state index < -0.39 is 0 Å². The van der Waals surface area contributed by atoms with Crippen molar-refractivity contribution in [2.45, 2.75) is 39.8 Å². The number of aryl methyl sites for hydroxylation is 1. The van der Waals surface area contributed by atoms with E-state index >= 15 is 0 Å². The van der Waals surface area contributed by atoms with Crippen molar-refractivity contribution >= 4 is 11.6 Å². The van der Waals surface area contributed by atoms with Crippen molar-refractivity contribution < 1.29 is 4.74 Å². The van der Waals surface area contributed by atoms with Crippen LogP contribution in [0.1, 0.15) is 42.0 Å². The maximum Gasteiger partial charge on any atom is 0.120 e. The van der Waals surface area contributed by atoms with Crippen molar-refractivity contribution in [2.24, 2.45) is 5.73 Å². The number of hydrogen-bond donors (Lipinski definition) is 1. The van der Waals surface area contributed by atoms with E-state index in [-0.39, 0.29) is 0 Å². The van der Waals surface area contributed by atoms with Gasteiger partial charge in [0, 0.05) is 17.1 Å². The van der Waals surface area contributed by atoms with Crippen LogP contribution in [-0.4, -0.2) is 0 Å². The number of halogens is 1. The van der Waals surface area contributed by atoms with E-state index in [0.717, 1.165) is 16.9 Å². The molecule has 2 aromatic rings. The molecule has 0 spiro atoms. The zero-order valence-corrected chi connectivity index (χ0v) is 13.6. The number of hydrogen-bond acceptors (Lipinski definition) is 2. The molecule has 0 aliphatic rings. The lowest BCUT2D eigenvalue weighted by Gasteiger charge is -2.13. The molecule has 0 aromatic heterocycles. The minimum atomic E-state index is 0.462. The molecule has 0 heterocycles. The van der Waals surface area contributed by atoms with Crippen LogP contribution in [0.4, 0.5) is 0 Å². The summed E-state index contributed by atoms with van der Waals surface area (Å²) < 4.78 is 5.85. The van der Waals surface area contributed by atoms with Gasteiger partial charge in [-0.2, -0.15) is 0 Å². The second-order valence-corrected chi connectivity index (χ2v) is 6.00. The first-order valence-corrected chi connectivity index (χ1v) is 7.59. The minimum Gasteiger partial charge on any atom is -0.489 e. The van der Waals surface area contributed by atoms with E-state index in [4.69, 9.17) is 22.1 Å². The van der Waals surface area contributed by atoms with Crippen molar-refractivity contribution in [3.63, 3.8) is 0 Å². The number of benzene rings is 2. The Morgan fingerprint density at radius 3 is 2.48 bits per heavy atom. The van der Waals surface area contributed by atoms with Gasteiger partial charge in [0.2, 0.25) is 0 Å². The average molecular weight is 304 g/mol. The largest absolute Gasteiger partial charge is 0.489 e. The summed E-state index contributed by atoms with van der Waals surface area (Å²) in [4.78, 5) is 0. The summed E-state index contributed by atoms with van der Waals surface area (Å²) in [6.45, 7) is 7.47. The molecular weight excluding hydrogens is 282 g/mol. The highest BCUT2D eigenvalue weighted by Crippen LogP contribution is 2.25. The number of ether oxygens (including phenoxy) is 1. The molecule has 0 fully saturated rings. The molecular formula is C18H22ClNO.